The molecule has 3 aromatic rings. The minimum atomic E-state index is -0.818. The molecule has 3 aromatic carbocycles. The summed E-state index contributed by atoms with van der Waals surface area (Å²) in [6.45, 7) is 4.06. The van der Waals surface area contributed by atoms with Gasteiger partial charge >= 0.3 is 0 Å². The molecule has 7 heteroatoms. The van der Waals surface area contributed by atoms with Crippen LogP contribution < -0.4 is 10.2 Å². The zero-order valence-electron chi connectivity index (χ0n) is 19.3. The fourth-order valence-corrected chi connectivity index (χ4v) is 5.52. The van der Waals surface area contributed by atoms with E-state index in [4.69, 9.17) is 23.2 Å². The number of para-hydroxylation sites is 1. The SMILES string of the molecule is CC1(C)CC(=O)C2=C(C1)Nc1c(O)cccc1N(C(=O)c1ccccc1)C2c1ccc(Cl)cc1Cl. The Labute approximate surface area is 214 Å². The quantitative estimate of drug-likeness (QED) is 0.361. The number of hydrogen-bond donors (Lipinski definition) is 2. The first-order valence-electron chi connectivity index (χ1n) is 11.3. The Morgan fingerprint density at radius 2 is 1.77 bits per heavy atom. The smallest absolute Gasteiger partial charge is 0.259 e. The van der Waals surface area contributed by atoms with Crippen molar-refractivity contribution in [3.8, 4) is 5.75 Å². The van der Waals surface area contributed by atoms with Gasteiger partial charge in [0.1, 0.15) is 11.4 Å². The van der Waals surface area contributed by atoms with Crippen molar-refractivity contribution >= 4 is 46.3 Å². The molecule has 0 saturated heterocycles. The zero-order chi connectivity index (χ0) is 24.9. The van der Waals surface area contributed by atoms with E-state index in [1.165, 1.54) is 0 Å². The maximum atomic E-state index is 14.1. The number of Topliss-reactive ketones (excluding diaryl/α,β-unsaturated/α-hetero) is 1. The minimum Gasteiger partial charge on any atom is -0.506 e. The number of amides is 1. The van der Waals surface area contributed by atoms with Crippen LogP contribution in [0.1, 0.15) is 48.7 Å². The number of ketones is 1. The van der Waals surface area contributed by atoms with E-state index in [-0.39, 0.29) is 22.9 Å². The molecule has 2 N–H and O–H groups in total. The lowest BCUT2D eigenvalue weighted by Crippen LogP contribution is -2.39. The number of carbonyl (C=O) groups excluding carboxylic acids is 2. The van der Waals surface area contributed by atoms with Gasteiger partial charge in [0.2, 0.25) is 0 Å². The molecule has 0 spiro atoms. The second-order valence-electron chi connectivity index (χ2n) is 9.74. The summed E-state index contributed by atoms with van der Waals surface area (Å²) in [4.78, 5) is 29.4. The number of halogens is 2. The summed E-state index contributed by atoms with van der Waals surface area (Å²) in [7, 11) is 0. The molecular weight excluding hydrogens is 483 g/mol. The van der Waals surface area contributed by atoms with Gasteiger partial charge in [0, 0.05) is 33.3 Å². The van der Waals surface area contributed by atoms with Crippen LogP contribution in [0, 0.1) is 5.41 Å². The van der Waals surface area contributed by atoms with Crippen LogP contribution in [0.4, 0.5) is 11.4 Å². The third-order valence-electron chi connectivity index (χ3n) is 6.50. The molecule has 0 bridgehead atoms. The van der Waals surface area contributed by atoms with Crippen LogP contribution in [0.15, 0.2) is 78.0 Å². The van der Waals surface area contributed by atoms with Crippen molar-refractivity contribution in [3.05, 3.63) is 99.2 Å². The van der Waals surface area contributed by atoms with E-state index in [9.17, 15) is 14.7 Å². The maximum Gasteiger partial charge on any atom is 0.259 e. The van der Waals surface area contributed by atoms with Crippen LogP contribution in [0.3, 0.4) is 0 Å². The Morgan fingerprint density at radius 3 is 2.49 bits per heavy atom. The van der Waals surface area contributed by atoms with Crippen LogP contribution >= 0.6 is 23.2 Å². The standard InChI is InChI=1S/C28H24Cl2N2O3/c1-28(2)14-20-24(23(34)15-28)26(18-12-11-17(29)13-19(18)30)32(27(35)16-7-4-3-5-8-16)21-9-6-10-22(33)25(21)31-20/h3-13,26,31,33H,14-15H2,1-2H3. The third kappa shape index (κ3) is 4.19. The van der Waals surface area contributed by atoms with Crippen LogP contribution in [-0.2, 0) is 4.79 Å². The second kappa shape index (κ2) is 8.74. The summed E-state index contributed by atoms with van der Waals surface area (Å²) in [5.74, 6) is -0.404. The van der Waals surface area contributed by atoms with Crippen molar-refractivity contribution in [1.29, 1.82) is 0 Å². The Kier molecular flexibility index (Phi) is 5.86. The molecule has 1 amide bonds. The molecule has 178 valence electrons. The summed E-state index contributed by atoms with van der Waals surface area (Å²) < 4.78 is 0. The van der Waals surface area contributed by atoms with Gasteiger partial charge < -0.3 is 10.4 Å². The summed E-state index contributed by atoms with van der Waals surface area (Å²) in [5.41, 5.74) is 2.71. The van der Waals surface area contributed by atoms with Crippen molar-refractivity contribution < 1.29 is 14.7 Å². The molecule has 1 aliphatic carbocycles. The van der Waals surface area contributed by atoms with Gasteiger partial charge in [-0.05, 0) is 53.8 Å². The van der Waals surface area contributed by atoms with Crippen molar-refractivity contribution in [2.75, 3.05) is 10.2 Å². The molecule has 0 fully saturated rings. The van der Waals surface area contributed by atoms with Gasteiger partial charge in [-0.3, -0.25) is 14.5 Å². The number of rotatable bonds is 2. The molecule has 0 aromatic heterocycles. The lowest BCUT2D eigenvalue weighted by molar-refractivity contribution is -0.118. The number of carbonyl (C=O) groups is 2. The minimum absolute atomic E-state index is 0.0149. The number of phenols is 1. The van der Waals surface area contributed by atoms with E-state index in [2.05, 4.69) is 5.32 Å². The van der Waals surface area contributed by atoms with Crippen LogP contribution in [0.2, 0.25) is 10.0 Å². The van der Waals surface area contributed by atoms with Gasteiger partial charge in [-0.1, -0.05) is 67.4 Å². The van der Waals surface area contributed by atoms with Gasteiger partial charge in [-0.25, -0.2) is 0 Å². The second-order valence-corrected chi connectivity index (χ2v) is 10.6. The Hall–Kier alpha value is -3.28. The molecule has 1 aliphatic heterocycles. The van der Waals surface area contributed by atoms with Crippen molar-refractivity contribution in [2.45, 2.75) is 32.7 Å². The number of allylic oxidation sites excluding steroid dienone is 1. The van der Waals surface area contributed by atoms with E-state index >= 15 is 0 Å². The highest BCUT2D eigenvalue weighted by atomic mass is 35.5. The number of nitrogens with one attached hydrogen (secondary N) is 1. The lowest BCUT2D eigenvalue weighted by Gasteiger charge is -2.37. The van der Waals surface area contributed by atoms with Crippen LogP contribution in [0.25, 0.3) is 0 Å². The Bertz CT molecular complexity index is 1380. The molecule has 0 saturated carbocycles. The van der Waals surface area contributed by atoms with Gasteiger partial charge in [0.25, 0.3) is 5.91 Å². The van der Waals surface area contributed by atoms with Gasteiger partial charge in [0.15, 0.2) is 5.78 Å². The maximum absolute atomic E-state index is 14.1. The van der Waals surface area contributed by atoms with E-state index in [0.29, 0.717) is 56.7 Å². The highest BCUT2D eigenvalue weighted by Gasteiger charge is 2.44. The summed E-state index contributed by atoms with van der Waals surface area (Å²) in [6.07, 6.45) is 0.891. The normalized spacial score (nSPS) is 18.9. The first-order chi connectivity index (χ1) is 16.7. The average Bonchev–Trinajstić information content (AvgIpc) is 2.94. The van der Waals surface area contributed by atoms with Crippen LogP contribution in [-0.4, -0.2) is 16.8 Å². The fraction of sp³-hybridized carbons (Fsp3) is 0.214. The van der Waals surface area contributed by atoms with E-state index in [0.717, 1.165) is 0 Å². The number of nitrogens with zero attached hydrogens (tertiary/aromatic N) is 1. The van der Waals surface area contributed by atoms with E-state index < -0.39 is 6.04 Å². The first-order valence-corrected chi connectivity index (χ1v) is 12.1. The van der Waals surface area contributed by atoms with Crippen molar-refractivity contribution in [1.82, 2.24) is 0 Å². The topological polar surface area (TPSA) is 69.6 Å². The predicted molar refractivity (Wildman–Crippen MR) is 139 cm³/mol. The van der Waals surface area contributed by atoms with E-state index in [1.807, 2.05) is 19.9 Å². The molecule has 1 atom stereocenters. The van der Waals surface area contributed by atoms with Gasteiger partial charge in [0.05, 0.1) is 11.7 Å². The summed E-state index contributed by atoms with van der Waals surface area (Å²) in [5, 5.41) is 15.0. The number of phenolic OH excluding ortho intramolecular Hbond substituents is 1. The molecule has 0 radical (unpaired) electrons. The Morgan fingerprint density at radius 1 is 1.03 bits per heavy atom. The first kappa shape index (κ1) is 23.5. The highest BCUT2D eigenvalue weighted by Crippen LogP contribution is 2.51. The highest BCUT2D eigenvalue weighted by molar-refractivity contribution is 6.35. The molecule has 1 heterocycles. The number of aromatic hydroxyl groups is 1. The number of hydrogen-bond acceptors (Lipinski definition) is 4. The number of anilines is 2. The van der Waals surface area contributed by atoms with Crippen LogP contribution in [0.5, 0.6) is 5.75 Å². The summed E-state index contributed by atoms with van der Waals surface area (Å²) >= 11 is 12.9. The molecule has 35 heavy (non-hydrogen) atoms. The third-order valence-corrected chi connectivity index (χ3v) is 7.07. The fourth-order valence-electron chi connectivity index (χ4n) is 5.00. The lowest BCUT2D eigenvalue weighted by atomic mass is 9.73. The van der Waals surface area contributed by atoms with Gasteiger partial charge in [-0.2, -0.15) is 0 Å². The zero-order valence-corrected chi connectivity index (χ0v) is 20.8. The average molecular weight is 507 g/mol. The van der Waals surface area contributed by atoms with Crippen molar-refractivity contribution in [2.24, 2.45) is 5.41 Å². The molecular formula is C28H24Cl2N2O3. The van der Waals surface area contributed by atoms with E-state index in [1.54, 1.807) is 65.6 Å². The number of fused-ring (bicyclic) bond motifs is 1. The molecule has 5 nitrogen and oxygen atoms in total. The number of benzene rings is 3. The Balaban J connectivity index is 1.85. The summed E-state index contributed by atoms with van der Waals surface area (Å²) in [6, 6.07) is 18.1. The monoisotopic (exact) mass is 506 g/mol. The largest absolute Gasteiger partial charge is 0.506 e. The molecule has 5 rings (SSSR count). The van der Waals surface area contributed by atoms with Crippen molar-refractivity contribution in [3.63, 3.8) is 0 Å². The predicted octanol–water partition coefficient (Wildman–Crippen LogP) is 7.16. The molecule has 2 aliphatic rings. The van der Waals surface area contributed by atoms with Gasteiger partial charge in [-0.15, -0.1) is 0 Å². The molecule has 1 unspecified atom stereocenters.